The highest BCUT2D eigenvalue weighted by Crippen LogP contribution is 2.21. The lowest BCUT2D eigenvalue weighted by Crippen LogP contribution is -2.99. The molecule has 22 heavy (non-hydrogen) atoms. The Hall–Kier alpha value is -2.41. The molecule has 1 atom stereocenters. The first-order valence-electron chi connectivity index (χ1n) is 7.18. The van der Waals surface area contributed by atoms with Crippen LogP contribution in [0.1, 0.15) is 11.1 Å². The van der Waals surface area contributed by atoms with Gasteiger partial charge in [0.1, 0.15) is 0 Å². The summed E-state index contributed by atoms with van der Waals surface area (Å²) in [6.45, 7) is 1.23. The first kappa shape index (κ1) is 13.3. The van der Waals surface area contributed by atoms with E-state index in [9.17, 15) is 10.0 Å². The zero-order chi connectivity index (χ0) is 15.3. The van der Waals surface area contributed by atoms with E-state index in [0.717, 1.165) is 17.5 Å². The number of benzene rings is 2. The van der Waals surface area contributed by atoms with Crippen LogP contribution in [0.4, 0.5) is 5.69 Å². The van der Waals surface area contributed by atoms with Gasteiger partial charge in [0.2, 0.25) is 0 Å². The van der Waals surface area contributed by atoms with Crippen LogP contribution in [0.15, 0.2) is 47.3 Å². The Kier molecular flexibility index (Phi) is 2.90. The maximum absolute atomic E-state index is 12.7. The molecule has 1 aromatic heterocycles. The molecular weight excluding hydrogens is 282 g/mol. The summed E-state index contributed by atoms with van der Waals surface area (Å²) in [5.41, 5.74) is 3.21. The summed E-state index contributed by atoms with van der Waals surface area (Å²) in [6.07, 6.45) is 0.861. The van der Waals surface area contributed by atoms with Gasteiger partial charge in [0.05, 0.1) is 17.4 Å². The fourth-order valence-corrected chi connectivity index (χ4v) is 3.19. The largest absolute Gasteiger partial charge is 0.595 e. The number of hydrogen-bond donors (Lipinski definition) is 2. The summed E-state index contributed by atoms with van der Waals surface area (Å²) in [5, 5.41) is 19.7. The zero-order valence-corrected chi connectivity index (χ0v) is 11.8. The van der Waals surface area contributed by atoms with E-state index in [1.807, 2.05) is 22.9 Å². The monoisotopic (exact) mass is 297 g/mol. The normalized spacial score (nSPS) is 15.2. The topological polar surface area (TPSA) is 74.7 Å². The molecule has 1 aliphatic heterocycles. The number of aromatic nitrogens is 2. The molecule has 0 bridgehead atoms. The predicted molar refractivity (Wildman–Crippen MR) is 81.2 cm³/mol. The number of rotatable bonds is 1. The average Bonchev–Trinajstić information content (AvgIpc) is 2.69. The molecule has 0 fully saturated rings. The van der Waals surface area contributed by atoms with Gasteiger partial charge in [-0.2, -0.15) is 5.23 Å². The van der Waals surface area contributed by atoms with Crippen LogP contribution in [0.5, 0.6) is 0 Å². The van der Waals surface area contributed by atoms with Crippen LogP contribution in [0, 0.1) is 5.21 Å². The summed E-state index contributed by atoms with van der Waals surface area (Å²) in [7, 11) is 0. The molecule has 0 saturated heterocycles. The van der Waals surface area contributed by atoms with Gasteiger partial charge in [-0.1, -0.05) is 24.3 Å². The molecule has 112 valence electrons. The molecule has 0 radical (unpaired) electrons. The molecule has 4 rings (SSSR count). The summed E-state index contributed by atoms with van der Waals surface area (Å²) in [4.78, 5) is 12.7. The van der Waals surface area contributed by atoms with Crippen LogP contribution in [-0.4, -0.2) is 14.6 Å². The summed E-state index contributed by atoms with van der Waals surface area (Å²) >= 11 is 0. The van der Waals surface area contributed by atoms with E-state index < -0.39 is 5.23 Å². The van der Waals surface area contributed by atoms with Crippen molar-refractivity contribution in [1.29, 1.82) is 0 Å². The van der Waals surface area contributed by atoms with Crippen LogP contribution in [0.3, 0.4) is 0 Å². The number of quaternary nitrogens is 1. The van der Waals surface area contributed by atoms with Crippen molar-refractivity contribution in [3.05, 3.63) is 69.2 Å². The molecule has 0 aliphatic carbocycles. The molecule has 2 aromatic carbocycles. The SMILES string of the molecule is O=c1c2cc([NH+]([O-])O)ccc2n2n1Cc1ccccc1CC2. The molecule has 1 aliphatic rings. The van der Waals surface area contributed by atoms with Gasteiger partial charge in [0.25, 0.3) is 5.56 Å². The molecule has 6 heteroatoms. The smallest absolute Gasteiger partial charge is 0.275 e. The molecule has 1 unspecified atom stereocenters. The zero-order valence-electron chi connectivity index (χ0n) is 11.8. The minimum Gasteiger partial charge on any atom is -0.595 e. The number of nitrogens with one attached hydrogen (secondary N) is 1. The summed E-state index contributed by atoms with van der Waals surface area (Å²) in [5.74, 6) is 0. The second-order valence-electron chi connectivity index (χ2n) is 5.54. The van der Waals surface area contributed by atoms with Gasteiger partial charge in [-0.3, -0.25) is 9.48 Å². The predicted octanol–water partition coefficient (Wildman–Crippen LogP) is 0.811. The van der Waals surface area contributed by atoms with Gasteiger partial charge < -0.3 is 5.21 Å². The fourth-order valence-electron chi connectivity index (χ4n) is 3.19. The Morgan fingerprint density at radius 3 is 2.64 bits per heavy atom. The first-order chi connectivity index (χ1) is 10.6. The van der Waals surface area contributed by atoms with Crippen molar-refractivity contribution in [2.45, 2.75) is 19.5 Å². The van der Waals surface area contributed by atoms with Gasteiger partial charge in [-0.05, 0) is 23.6 Å². The Bertz CT molecular complexity index is 924. The minimum absolute atomic E-state index is 0.130. The molecule has 0 saturated carbocycles. The number of aryl methyl sites for hydroxylation is 2. The van der Waals surface area contributed by atoms with Gasteiger partial charge in [0.15, 0.2) is 5.69 Å². The van der Waals surface area contributed by atoms with E-state index in [2.05, 4.69) is 6.07 Å². The van der Waals surface area contributed by atoms with E-state index in [1.54, 1.807) is 16.8 Å². The highest BCUT2D eigenvalue weighted by atomic mass is 16.8. The highest BCUT2D eigenvalue weighted by molar-refractivity contribution is 5.81. The van der Waals surface area contributed by atoms with E-state index >= 15 is 0 Å². The van der Waals surface area contributed by atoms with Crippen LogP contribution >= 0.6 is 0 Å². The summed E-state index contributed by atoms with van der Waals surface area (Å²) in [6, 6.07) is 12.9. The van der Waals surface area contributed by atoms with Crippen LogP contribution in [0.2, 0.25) is 0 Å². The average molecular weight is 297 g/mol. The fraction of sp³-hybridized carbons (Fsp3) is 0.188. The highest BCUT2D eigenvalue weighted by Gasteiger charge is 2.19. The van der Waals surface area contributed by atoms with Crippen LogP contribution < -0.4 is 10.8 Å². The lowest BCUT2D eigenvalue weighted by Gasteiger charge is -2.11. The quantitative estimate of drug-likeness (QED) is 0.653. The number of fused-ring (bicyclic) bond motifs is 4. The standard InChI is InChI=1S/C16H15N3O3/c20-16-14-9-13(19(21)22)5-6-15(14)17-8-7-11-3-1-2-4-12(11)10-18(16)17/h1-6,9,19,21H,7-8,10H2. The van der Waals surface area contributed by atoms with E-state index in [4.69, 9.17) is 5.21 Å². The third-order valence-corrected chi connectivity index (χ3v) is 4.31. The maximum Gasteiger partial charge on any atom is 0.275 e. The van der Waals surface area contributed by atoms with Crippen molar-refractivity contribution in [1.82, 2.24) is 9.36 Å². The third kappa shape index (κ3) is 1.89. The number of hydrogen-bond acceptors (Lipinski definition) is 3. The van der Waals surface area contributed by atoms with Gasteiger partial charge >= 0.3 is 0 Å². The van der Waals surface area contributed by atoms with Crippen molar-refractivity contribution in [3.8, 4) is 0 Å². The maximum atomic E-state index is 12.7. The Morgan fingerprint density at radius 1 is 1.09 bits per heavy atom. The molecular formula is C16H15N3O3. The number of nitrogens with zero attached hydrogens (tertiary/aromatic N) is 2. The van der Waals surface area contributed by atoms with Crippen molar-refractivity contribution in [2.75, 3.05) is 0 Å². The third-order valence-electron chi connectivity index (χ3n) is 4.31. The second kappa shape index (κ2) is 4.81. The second-order valence-corrected chi connectivity index (χ2v) is 5.54. The van der Waals surface area contributed by atoms with Crippen molar-refractivity contribution in [3.63, 3.8) is 0 Å². The van der Waals surface area contributed by atoms with Crippen molar-refractivity contribution < 1.29 is 10.4 Å². The Balaban J connectivity index is 1.94. The molecule has 3 aromatic rings. The molecule has 6 nitrogen and oxygen atoms in total. The molecule has 2 N–H and O–H groups in total. The van der Waals surface area contributed by atoms with E-state index in [1.165, 1.54) is 11.6 Å². The van der Waals surface area contributed by atoms with Gasteiger partial charge in [0, 0.05) is 18.7 Å². The first-order valence-corrected chi connectivity index (χ1v) is 7.18. The molecule has 2 heterocycles. The van der Waals surface area contributed by atoms with Gasteiger partial charge in [-0.25, -0.2) is 9.89 Å². The summed E-state index contributed by atoms with van der Waals surface area (Å²) < 4.78 is 3.67. The van der Waals surface area contributed by atoms with Crippen molar-refractivity contribution in [2.24, 2.45) is 0 Å². The van der Waals surface area contributed by atoms with E-state index in [-0.39, 0.29) is 11.2 Å². The molecule has 0 amide bonds. The Morgan fingerprint density at radius 2 is 1.86 bits per heavy atom. The lowest BCUT2D eigenvalue weighted by atomic mass is 10.1. The molecule has 0 spiro atoms. The van der Waals surface area contributed by atoms with Gasteiger partial charge in [-0.15, -0.1) is 0 Å². The lowest BCUT2D eigenvalue weighted by molar-refractivity contribution is -0.991. The van der Waals surface area contributed by atoms with E-state index in [0.29, 0.717) is 18.5 Å². The minimum atomic E-state index is -1.02. The Labute approximate surface area is 125 Å². The van der Waals surface area contributed by atoms with Crippen LogP contribution in [0.25, 0.3) is 10.9 Å². The van der Waals surface area contributed by atoms with Crippen molar-refractivity contribution >= 4 is 16.6 Å². The van der Waals surface area contributed by atoms with Crippen LogP contribution in [-0.2, 0) is 19.5 Å².